The molecule has 1 atom stereocenters. The summed E-state index contributed by atoms with van der Waals surface area (Å²) in [6.07, 6.45) is 6.12. The second-order valence-electron chi connectivity index (χ2n) is 3.57. The lowest BCUT2D eigenvalue weighted by Gasteiger charge is -2.13. The smallest absolute Gasteiger partial charge is 0.0950 e. The van der Waals surface area contributed by atoms with E-state index in [9.17, 15) is 0 Å². The zero-order chi connectivity index (χ0) is 11.4. The number of halogens is 1. The lowest BCUT2D eigenvalue weighted by Crippen LogP contribution is -2.18. The largest absolute Gasteiger partial charge is 0.472 e. The van der Waals surface area contributed by atoms with E-state index in [-0.39, 0.29) is 6.04 Å². The molecule has 0 spiro atoms. The van der Waals surface area contributed by atoms with Crippen LogP contribution in [0.2, 0.25) is 0 Å². The number of nitrogens with one attached hydrogen (secondary N) is 1. The van der Waals surface area contributed by atoms with Crippen LogP contribution in [0.1, 0.15) is 17.3 Å². The van der Waals surface area contributed by atoms with Crippen molar-refractivity contribution < 1.29 is 4.42 Å². The quantitative estimate of drug-likeness (QED) is 0.936. The second-order valence-corrected chi connectivity index (χ2v) is 4.49. The summed E-state index contributed by atoms with van der Waals surface area (Å²) in [5.74, 6) is 0. The van der Waals surface area contributed by atoms with Crippen molar-refractivity contribution in [2.75, 3.05) is 7.05 Å². The molecular formula is C12H13BrN2O. The number of pyridine rings is 1. The van der Waals surface area contributed by atoms with Crippen molar-refractivity contribution in [3.63, 3.8) is 0 Å². The fraction of sp³-hybridized carbons (Fsp3) is 0.250. The van der Waals surface area contributed by atoms with Gasteiger partial charge in [0.1, 0.15) is 0 Å². The Morgan fingerprint density at radius 1 is 1.44 bits per heavy atom. The predicted octanol–water partition coefficient (Wildman–Crippen LogP) is 2.94. The maximum absolute atomic E-state index is 5.09. The number of hydrogen-bond donors (Lipinski definition) is 1. The SMILES string of the molecule is CNC(Cc1ccc(Br)cn1)c1ccoc1. The Bertz CT molecular complexity index is 425. The van der Waals surface area contributed by atoms with Gasteiger partial charge in [-0.15, -0.1) is 0 Å². The van der Waals surface area contributed by atoms with Gasteiger partial charge >= 0.3 is 0 Å². The molecule has 3 nitrogen and oxygen atoms in total. The maximum Gasteiger partial charge on any atom is 0.0950 e. The molecule has 2 aromatic rings. The third-order valence-electron chi connectivity index (χ3n) is 2.50. The van der Waals surface area contributed by atoms with E-state index in [2.05, 4.69) is 26.2 Å². The zero-order valence-corrected chi connectivity index (χ0v) is 10.6. The first-order valence-electron chi connectivity index (χ1n) is 5.09. The van der Waals surface area contributed by atoms with Gasteiger partial charge < -0.3 is 9.73 Å². The van der Waals surface area contributed by atoms with Gasteiger partial charge in [0.2, 0.25) is 0 Å². The Morgan fingerprint density at radius 2 is 2.31 bits per heavy atom. The van der Waals surface area contributed by atoms with Crippen LogP contribution in [0.4, 0.5) is 0 Å². The van der Waals surface area contributed by atoms with E-state index in [1.807, 2.05) is 31.4 Å². The van der Waals surface area contributed by atoms with Crippen LogP contribution < -0.4 is 5.32 Å². The van der Waals surface area contributed by atoms with Crippen LogP contribution in [0.15, 0.2) is 45.8 Å². The molecule has 4 heteroatoms. The Labute approximate surface area is 103 Å². The van der Waals surface area contributed by atoms with Gasteiger partial charge in [0.15, 0.2) is 0 Å². The molecule has 0 amide bonds. The molecule has 2 rings (SSSR count). The highest BCUT2D eigenvalue weighted by Crippen LogP contribution is 2.18. The van der Waals surface area contributed by atoms with Crippen molar-refractivity contribution in [3.05, 3.63) is 52.7 Å². The van der Waals surface area contributed by atoms with Crippen molar-refractivity contribution in [2.24, 2.45) is 0 Å². The number of nitrogens with zero attached hydrogens (tertiary/aromatic N) is 1. The van der Waals surface area contributed by atoms with E-state index in [0.717, 1.165) is 22.2 Å². The first kappa shape index (κ1) is 11.4. The van der Waals surface area contributed by atoms with Crippen molar-refractivity contribution in [2.45, 2.75) is 12.5 Å². The molecule has 0 saturated heterocycles. The summed E-state index contributed by atoms with van der Waals surface area (Å²) in [4.78, 5) is 4.36. The standard InChI is InChI=1S/C12H13BrN2O/c1-14-12(9-4-5-16-8-9)6-11-3-2-10(13)7-15-11/h2-5,7-8,12,14H,6H2,1H3. The fourth-order valence-electron chi connectivity index (χ4n) is 1.60. The Kier molecular flexibility index (Phi) is 3.74. The van der Waals surface area contributed by atoms with E-state index in [1.54, 1.807) is 12.5 Å². The molecule has 1 unspecified atom stereocenters. The Morgan fingerprint density at radius 3 is 2.88 bits per heavy atom. The number of hydrogen-bond acceptors (Lipinski definition) is 3. The minimum Gasteiger partial charge on any atom is -0.472 e. The average Bonchev–Trinajstić information content (AvgIpc) is 2.82. The van der Waals surface area contributed by atoms with Gasteiger partial charge in [-0.25, -0.2) is 0 Å². The number of rotatable bonds is 4. The maximum atomic E-state index is 5.09. The monoisotopic (exact) mass is 280 g/mol. The first-order chi connectivity index (χ1) is 7.79. The van der Waals surface area contributed by atoms with Gasteiger partial charge in [-0.2, -0.15) is 0 Å². The third-order valence-corrected chi connectivity index (χ3v) is 2.97. The van der Waals surface area contributed by atoms with Crippen molar-refractivity contribution in [1.29, 1.82) is 0 Å². The highest BCUT2D eigenvalue weighted by molar-refractivity contribution is 9.10. The summed E-state index contributed by atoms with van der Waals surface area (Å²) in [7, 11) is 1.94. The van der Waals surface area contributed by atoms with Gasteiger partial charge in [0.05, 0.1) is 12.5 Å². The Balaban J connectivity index is 2.10. The van der Waals surface area contributed by atoms with E-state index >= 15 is 0 Å². The van der Waals surface area contributed by atoms with Crippen molar-refractivity contribution in [1.82, 2.24) is 10.3 Å². The summed E-state index contributed by atoms with van der Waals surface area (Å²) >= 11 is 3.37. The molecule has 16 heavy (non-hydrogen) atoms. The number of aromatic nitrogens is 1. The van der Waals surface area contributed by atoms with Gasteiger partial charge in [-0.05, 0) is 41.2 Å². The van der Waals surface area contributed by atoms with Gasteiger partial charge in [-0.1, -0.05) is 0 Å². The first-order valence-corrected chi connectivity index (χ1v) is 5.88. The van der Waals surface area contributed by atoms with Crippen LogP contribution >= 0.6 is 15.9 Å². The van der Waals surface area contributed by atoms with Gasteiger partial charge in [-0.3, -0.25) is 4.98 Å². The summed E-state index contributed by atoms with van der Waals surface area (Å²) in [5, 5.41) is 3.26. The molecule has 0 aliphatic heterocycles. The van der Waals surface area contributed by atoms with Gasteiger partial charge in [0.25, 0.3) is 0 Å². The molecule has 2 heterocycles. The topological polar surface area (TPSA) is 38.1 Å². The normalized spacial score (nSPS) is 12.6. The molecule has 84 valence electrons. The van der Waals surface area contributed by atoms with Crippen LogP contribution in [0, 0.1) is 0 Å². The second kappa shape index (κ2) is 5.27. The van der Waals surface area contributed by atoms with Crippen LogP contribution in [-0.2, 0) is 6.42 Å². The van der Waals surface area contributed by atoms with E-state index < -0.39 is 0 Å². The van der Waals surface area contributed by atoms with E-state index in [4.69, 9.17) is 4.42 Å². The average molecular weight is 281 g/mol. The predicted molar refractivity (Wildman–Crippen MR) is 66.1 cm³/mol. The highest BCUT2D eigenvalue weighted by Gasteiger charge is 2.11. The zero-order valence-electron chi connectivity index (χ0n) is 8.98. The molecule has 0 saturated carbocycles. The molecule has 0 aliphatic carbocycles. The highest BCUT2D eigenvalue weighted by atomic mass is 79.9. The Hall–Kier alpha value is -1.13. The summed E-state index contributed by atoms with van der Waals surface area (Å²) in [5.41, 5.74) is 2.20. The van der Waals surface area contributed by atoms with Crippen LogP contribution in [0.5, 0.6) is 0 Å². The molecule has 2 aromatic heterocycles. The van der Waals surface area contributed by atoms with Crippen LogP contribution in [-0.4, -0.2) is 12.0 Å². The molecule has 0 bridgehead atoms. The molecule has 0 fully saturated rings. The molecule has 1 N–H and O–H groups in total. The van der Waals surface area contributed by atoms with Crippen LogP contribution in [0.25, 0.3) is 0 Å². The summed E-state index contributed by atoms with van der Waals surface area (Å²) in [6.45, 7) is 0. The molecule has 0 radical (unpaired) electrons. The lowest BCUT2D eigenvalue weighted by atomic mass is 10.1. The van der Waals surface area contributed by atoms with Crippen LogP contribution in [0.3, 0.4) is 0 Å². The van der Waals surface area contributed by atoms with E-state index in [0.29, 0.717) is 0 Å². The fourth-order valence-corrected chi connectivity index (χ4v) is 1.83. The van der Waals surface area contributed by atoms with Gasteiger partial charge in [0, 0.05) is 34.4 Å². The van der Waals surface area contributed by atoms with Crippen molar-refractivity contribution >= 4 is 15.9 Å². The summed E-state index contributed by atoms with van der Waals surface area (Å²) < 4.78 is 6.09. The molecule has 0 aliphatic rings. The lowest BCUT2D eigenvalue weighted by molar-refractivity contribution is 0.540. The third kappa shape index (κ3) is 2.71. The minimum absolute atomic E-state index is 0.243. The molecule has 0 aromatic carbocycles. The minimum atomic E-state index is 0.243. The number of likely N-dealkylation sites (N-methyl/N-ethyl adjacent to an activating group) is 1. The molecular weight excluding hydrogens is 268 g/mol. The number of furan rings is 1. The van der Waals surface area contributed by atoms with Crippen molar-refractivity contribution in [3.8, 4) is 0 Å². The van der Waals surface area contributed by atoms with E-state index in [1.165, 1.54) is 0 Å². The summed E-state index contributed by atoms with van der Waals surface area (Å²) in [6, 6.07) is 6.24.